The van der Waals surface area contributed by atoms with E-state index >= 15 is 0 Å². The average molecular weight is 469 g/mol. The van der Waals surface area contributed by atoms with Crippen molar-refractivity contribution in [2.75, 3.05) is 13.2 Å². The van der Waals surface area contributed by atoms with Crippen LogP contribution in [0.4, 0.5) is 0 Å². The smallest absolute Gasteiger partial charge is 0.252 e. The van der Waals surface area contributed by atoms with Gasteiger partial charge in [-0.05, 0) is 56.5 Å². The molecule has 0 aliphatic carbocycles. The van der Waals surface area contributed by atoms with Crippen molar-refractivity contribution in [1.29, 1.82) is 0 Å². The molecule has 1 N–H and O–H groups in total. The molecule has 2 aromatic carbocycles. The van der Waals surface area contributed by atoms with Gasteiger partial charge in [0.25, 0.3) is 5.91 Å². The average Bonchev–Trinajstić information content (AvgIpc) is 3.25. The van der Waals surface area contributed by atoms with Crippen LogP contribution in [0.5, 0.6) is 11.5 Å². The van der Waals surface area contributed by atoms with E-state index in [2.05, 4.69) is 24.3 Å². The summed E-state index contributed by atoms with van der Waals surface area (Å²) in [5.74, 6) is 2.71. The molecule has 1 unspecified atom stereocenters. The van der Waals surface area contributed by atoms with E-state index in [1.165, 1.54) is 0 Å². The maximum atomic E-state index is 13.1. The summed E-state index contributed by atoms with van der Waals surface area (Å²) in [5, 5.41) is 7.04. The molecular weight excluding hydrogens is 436 g/mol. The highest BCUT2D eigenvalue weighted by atomic mass is 32.2. The van der Waals surface area contributed by atoms with Gasteiger partial charge in [-0.1, -0.05) is 37.2 Å². The van der Waals surface area contributed by atoms with E-state index in [9.17, 15) is 4.79 Å². The molecule has 0 bridgehead atoms. The van der Waals surface area contributed by atoms with Crippen LogP contribution in [0.15, 0.2) is 57.9 Å². The third-order valence-corrected chi connectivity index (χ3v) is 6.01. The van der Waals surface area contributed by atoms with Gasteiger partial charge in [0.1, 0.15) is 5.76 Å². The van der Waals surface area contributed by atoms with Crippen molar-refractivity contribution >= 4 is 17.7 Å². The molecule has 1 aromatic heterocycles. The number of carbonyl (C=O) groups is 1. The summed E-state index contributed by atoms with van der Waals surface area (Å²) in [6.07, 6.45) is 1.83. The highest BCUT2D eigenvalue weighted by Crippen LogP contribution is 2.32. The minimum atomic E-state index is -0.198. The quantitative estimate of drug-likeness (QED) is 0.313. The molecule has 0 fully saturated rings. The largest absolute Gasteiger partial charge is 0.490 e. The summed E-state index contributed by atoms with van der Waals surface area (Å²) in [7, 11) is 0. The van der Waals surface area contributed by atoms with E-state index in [1.807, 2.05) is 62.4 Å². The monoisotopic (exact) mass is 468 g/mol. The maximum Gasteiger partial charge on any atom is 0.252 e. The molecule has 0 saturated heterocycles. The normalized spacial score (nSPS) is 11.8. The van der Waals surface area contributed by atoms with Gasteiger partial charge in [-0.2, -0.15) is 0 Å². The van der Waals surface area contributed by atoms with Crippen LogP contribution in [0.2, 0.25) is 0 Å². The van der Waals surface area contributed by atoms with Gasteiger partial charge < -0.3 is 19.3 Å². The lowest BCUT2D eigenvalue weighted by molar-refractivity contribution is 0.0937. The van der Waals surface area contributed by atoms with Gasteiger partial charge in [-0.15, -0.1) is 11.8 Å². The molecule has 3 aromatic rings. The zero-order valence-corrected chi connectivity index (χ0v) is 20.5. The van der Waals surface area contributed by atoms with Crippen LogP contribution in [0.1, 0.15) is 67.0 Å². The molecule has 0 aliphatic rings. The van der Waals surface area contributed by atoms with E-state index in [4.69, 9.17) is 14.0 Å². The molecule has 3 rings (SSSR count). The number of aryl methyl sites for hydroxylation is 1. The van der Waals surface area contributed by atoms with Crippen LogP contribution in [-0.2, 0) is 5.75 Å². The summed E-state index contributed by atoms with van der Waals surface area (Å²) < 4.78 is 17.0. The second kappa shape index (κ2) is 12.3. The van der Waals surface area contributed by atoms with Crippen molar-refractivity contribution in [3.63, 3.8) is 0 Å². The second-order valence-electron chi connectivity index (χ2n) is 7.82. The molecule has 0 radical (unpaired) electrons. The molecule has 7 heteroatoms. The Morgan fingerprint density at radius 3 is 2.48 bits per heavy atom. The van der Waals surface area contributed by atoms with Gasteiger partial charge in [-0.25, -0.2) is 0 Å². The molecule has 1 amide bonds. The highest BCUT2D eigenvalue weighted by molar-refractivity contribution is 7.98. The number of benzene rings is 2. The third-order valence-electron chi connectivity index (χ3n) is 4.92. The SMILES string of the molecule is CCCOc1ccc(C(C)NC(=O)c2ccccc2SCc2cc(C)no2)cc1OCCC. The molecule has 0 spiro atoms. The van der Waals surface area contributed by atoms with E-state index in [0.717, 1.165) is 40.5 Å². The number of aromatic nitrogens is 1. The number of hydrogen-bond acceptors (Lipinski definition) is 6. The number of thioether (sulfide) groups is 1. The highest BCUT2D eigenvalue weighted by Gasteiger charge is 2.17. The van der Waals surface area contributed by atoms with Crippen molar-refractivity contribution in [3.8, 4) is 11.5 Å². The standard InChI is InChI=1S/C26H32N2O4S/c1-5-13-30-23-12-11-20(16-24(23)31-14-6-2)19(4)27-26(29)22-9-7-8-10-25(22)33-17-21-15-18(3)28-32-21/h7-12,15-16,19H,5-6,13-14,17H2,1-4H3,(H,27,29). The molecule has 33 heavy (non-hydrogen) atoms. The van der Waals surface area contributed by atoms with Crippen LogP contribution in [-0.4, -0.2) is 24.3 Å². The number of ether oxygens (including phenoxy) is 2. The summed E-state index contributed by atoms with van der Waals surface area (Å²) >= 11 is 1.55. The Morgan fingerprint density at radius 1 is 1.06 bits per heavy atom. The Bertz CT molecular complexity index is 1050. The van der Waals surface area contributed by atoms with Gasteiger partial charge in [-0.3, -0.25) is 4.79 Å². The van der Waals surface area contributed by atoms with Crippen molar-refractivity contribution < 1.29 is 18.8 Å². The zero-order valence-electron chi connectivity index (χ0n) is 19.7. The fraction of sp³-hybridized carbons (Fsp3) is 0.385. The Balaban J connectivity index is 1.71. The van der Waals surface area contributed by atoms with Gasteiger partial charge >= 0.3 is 0 Å². The van der Waals surface area contributed by atoms with Crippen molar-refractivity contribution in [2.45, 2.75) is 57.2 Å². The van der Waals surface area contributed by atoms with E-state index in [1.54, 1.807) is 11.8 Å². The number of hydrogen-bond donors (Lipinski definition) is 1. The Morgan fingerprint density at radius 2 is 1.79 bits per heavy atom. The third kappa shape index (κ3) is 7.02. The van der Waals surface area contributed by atoms with Gasteiger partial charge in [0.05, 0.1) is 36.3 Å². The lowest BCUT2D eigenvalue weighted by Gasteiger charge is -2.18. The van der Waals surface area contributed by atoms with Gasteiger partial charge in [0, 0.05) is 11.0 Å². The molecular formula is C26H32N2O4S. The summed E-state index contributed by atoms with van der Waals surface area (Å²) in [4.78, 5) is 14.0. The first kappa shape index (κ1) is 24.7. The lowest BCUT2D eigenvalue weighted by Crippen LogP contribution is -2.27. The maximum absolute atomic E-state index is 13.1. The predicted molar refractivity (Wildman–Crippen MR) is 131 cm³/mol. The molecule has 176 valence electrons. The van der Waals surface area contributed by atoms with Crippen LogP contribution >= 0.6 is 11.8 Å². The zero-order chi connectivity index (χ0) is 23.6. The fourth-order valence-corrected chi connectivity index (χ4v) is 4.15. The molecule has 0 saturated carbocycles. The fourth-order valence-electron chi connectivity index (χ4n) is 3.22. The van der Waals surface area contributed by atoms with Crippen LogP contribution in [0.3, 0.4) is 0 Å². The number of amides is 1. The van der Waals surface area contributed by atoms with Crippen molar-refractivity contribution in [1.82, 2.24) is 10.5 Å². The van der Waals surface area contributed by atoms with Crippen molar-refractivity contribution in [3.05, 3.63) is 71.1 Å². The molecule has 1 heterocycles. The first-order valence-electron chi connectivity index (χ1n) is 11.4. The lowest BCUT2D eigenvalue weighted by atomic mass is 10.1. The topological polar surface area (TPSA) is 73.6 Å². The van der Waals surface area contributed by atoms with Crippen LogP contribution in [0.25, 0.3) is 0 Å². The summed E-state index contributed by atoms with van der Waals surface area (Å²) in [6, 6.07) is 15.2. The van der Waals surface area contributed by atoms with Gasteiger partial charge in [0.2, 0.25) is 0 Å². The Kier molecular flexibility index (Phi) is 9.24. The molecule has 6 nitrogen and oxygen atoms in total. The van der Waals surface area contributed by atoms with E-state index in [0.29, 0.717) is 30.3 Å². The first-order valence-corrected chi connectivity index (χ1v) is 12.3. The Hall–Kier alpha value is -2.93. The van der Waals surface area contributed by atoms with E-state index in [-0.39, 0.29) is 11.9 Å². The summed E-state index contributed by atoms with van der Waals surface area (Å²) in [5.41, 5.74) is 2.44. The first-order chi connectivity index (χ1) is 16.0. The number of nitrogens with one attached hydrogen (secondary N) is 1. The number of carbonyl (C=O) groups excluding carboxylic acids is 1. The summed E-state index contributed by atoms with van der Waals surface area (Å²) in [6.45, 7) is 9.25. The molecule has 0 aliphatic heterocycles. The minimum Gasteiger partial charge on any atom is -0.490 e. The Labute approximate surface area is 200 Å². The predicted octanol–water partition coefficient (Wildman–Crippen LogP) is 6.34. The minimum absolute atomic E-state index is 0.123. The van der Waals surface area contributed by atoms with Gasteiger partial charge in [0.15, 0.2) is 11.5 Å². The second-order valence-corrected chi connectivity index (χ2v) is 8.83. The number of nitrogens with zero attached hydrogens (tertiary/aromatic N) is 1. The molecule has 1 atom stereocenters. The van der Waals surface area contributed by atoms with Crippen LogP contribution < -0.4 is 14.8 Å². The van der Waals surface area contributed by atoms with Crippen LogP contribution in [0, 0.1) is 6.92 Å². The van der Waals surface area contributed by atoms with E-state index < -0.39 is 0 Å². The number of rotatable bonds is 12. The van der Waals surface area contributed by atoms with Crippen molar-refractivity contribution in [2.24, 2.45) is 0 Å².